The molecule has 0 aromatic rings. The molecule has 0 aromatic carbocycles. The number of nitrogens with one attached hydrogen (secondary N) is 1. The Bertz CT molecular complexity index is 124. The van der Waals surface area contributed by atoms with E-state index in [0.717, 1.165) is 0 Å². The van der Waals surface area contributed by atoms with Crippen LogP contribution in [0, 0.1) is 0 Å². The number of nitrogens with two attached hydrogens (primary N) is 1. The molecule has 0 saturated heterocycles. The van der Waals surface area contributed by atoms with Crippen molar-refractivity contribution in [2.24, 2.45) is 5.73 Å². The molecule has 5 nitrogen and oxygen atoms in total. The van der Waals surface area contributed by atoms with Crippen LogP contribution in [0.3, 0.4) is 0 Å². The van der Waals surface area contributed by atoms with Gasteiger partial charge in [-0.3, -0.25) is 10.2 Å². The number of aliphatic hydroxyl groups excluding tert-OH is 2. The van der Waals surface area contributed by atoms with Gasteiger partial charge in [0.2, 0.25) is 0 Å². The summed E-state index contributed by atoms with van der Waals surface area (Å²) in [6.45, 7) is 3.35. The van der Waals surface area contributed by atoms with Crippen LogP contribution in [-0.4, -0.2) is 54.3 Å². The molecular weight excluding hydrogens is 170 g/mol. The van der Waals surface area contributed by atoms with Gasteiger partial charge in [-0.05, 0) is 13.5 Å². The molecule has 2 unspecified atom stereocenters. The third-order valence-electron chi connectivity index (χ3n) is 1.94. The van der Waals surface area contributed by atoms with E-state index in [1.54, 1.807) is 11.9 Å². The van der Waals surface area contributed by atoms with Crippen molar-refractivity contribution in [3.63, 3.8) is 0 Å². The van der Waals surface area contributed by atoms with Crippen LogP contribution < -0.4 is 11.1 Å². The predicted octanol–water partition coefficient (Wildman–Crippen LogP) is -1.49. The molecule has 0 spiro atoms. The highest BCUT2D eigenvalue weighted by Crippen LogP contribution is 2.00. The van der Waals surface area contributed by atoms with E-state index in [1.165, 1.54) is 0 Å². The van der Waals surface area contributed by atoms with Gasteiger partial charge in [-0.2, -0.15) is 0 Å². The molecule has 5 N–H and O–H groups in total. The van der Waals surface area contributed by atoms with E-state index in [-0.39, 0.29) is 0 Å². The molecule has 0 saturated carbocycles. The second-order valence-corrected chi connectivity index (χ2v) is 2.98. The number of likely N-dealkylation sites (N-methyl/N-ethyl adjacent to an activating group) is 1. The summed E-state index contributed by atoms with van der Waals surface area (Å²) in [5.41, 5.74) is 5.38. The summed E-state index contributed by atoms with van der Waals surface area (Å²) in [4.78, 5) is 1.75. The first-order chi connectivity index (χ1) is 6.15. The van der Waals surface area contributed by atoms with E-state index in [4.69, 9.17) is 5.73 Å². The van der Waals surface area contributed by atoms with Gasteiger partial charge in [0.25, 0.3) is 0 Å². The first kappa shape index (κ1) is 12.8. The fourth-order valence-electron chi connectivity index (χ4n) is 1.10. The van der Waals surface area contributed by atoms with E-state index in [0.29, 0.717) is 26.1 Å². The number of aliphatic hydroxyl groups is 2. The molecule has 0 radical (unpaired) electrons. The Balaban J connectivity index is 3.92. The van der Waals surface area contributed by atoms with Crippen LogP contribution in [0.1, 0.15) is 13.3 Å². The molecular formula is C8H21N3O2. The minimum atomic E-state index is -0.618. The van der Waals surface area contributed by atoms with Gasteiger partial charge in [-0.1, -0.05) is 6.92 Å². The van der Waals surface area contributed by atoms with Crippen LogP contribution >= 0.6 is 0 Å². The van der Waals surface area contributed by atoms with Crippen molar-refractivity contribution >= 4 is 0 Å². The van der Waals surface area contributed by atoms with E-state index in [1.807, 2.05) is 6.92 Å². The number of hydrogen-bond donors (Lipinski definition) is 4. The topological polar surface area (TPSA) is 81.8 Å². The molecule has 0 aliphatic rings. The molecule has 0 aliphatic carbocycles. The van der Waals surface area contributed by atoms with Gasteiger partial charge in [0.05, 0.1) is 0 Å². The third-order valence-corrected chi connectivity index (χ3v) is 1.94. The van der Waals surface area contributed by atoms with Gasteiger partial charge in [0, 0.05) is 19.6 Å². The second-order valence-electron chi connectivity index (χ2n) is 2.98. The highest BCUT2D eigenvalue weighted by molar-refractivity contribution is 4.64. The van der Waals surface area contributed by atoms with Crippen molar-refractivity contribution in [1.82, 2.24) is 10.2 Å². The van der Waals surface area contributed by atoms with E-state index >= 15 is 0 Å². The Labute approximate surface area is 79.5 Å². The fourth-order valence-corrected chi connectivity index (χ4v) is 1.10. The van der Waals surface area contributed by atoms with E-state index < -0.39 is 12.5 Å². The Morgan fingerprint density at radius 3 is 2.46 bits per heavy atom. The van der Waals surface area contributed by atoms with Crippen molar-refractivity contribution in [2.75, 3.05) is 26.7 Å². The maximum atomic E-state index is 9.52. The minimum Gasteiger partial charge on any atom is -0.378 e. The Kier molecular flexibility index (Phi) is 7.12. The zero-order valence-electron chi connectivity index (χ0n) is 8.40. The van der Waals surface area contributed by atoms with Gasteiger partial charge in [-0.15, -0.1) is 0 Å². The summed E-state index contributed by atoms with van der Waals surface area (Å²) in [6.07, 6.45) is -0.504. The smallest absolute Gasteiger partial charge is 0.117 e. The summed E-state index contributed by atoms with van der Waals surface area (Å²) in [7, 11) is 1.67. The van der Waals surface area contributed by atoms with E-state index in [2.05, 4.69) is 5.32 Å². The average molecular weight is 191 g/mol. The summed E-state index contributed by atoms with van der Waals surface area (Å²) in [5, 5.41) is 21.5. The maximum Gasteiger partial charge on any atom is 0.117 e. The van der Waals surface area contributed by atoms with Crippen LogP contribution in [0.4, 0.5) is 0 Å². The van der Waals surface area contributed by atoms with Gasteiger partial charge < -0.3 is 15.9 Å². The van der Waals surface area contributed by atoms with Crippen molar-refractivity contribution in [3.8, 4) is 0 Å². The first-order valence-electron chi connectivity index (χ1n) is 4.63. The highest BCUT2D eigenvalue weighted by Gasteiger charge is 2.15. The molecule has 0 bridgehead atoms. The van der Waals surface area contributed by atoms with Crippen molar-refractivity contribution < 1.29 is 10.2 Å². The highest BCUT2D eigenvalue weighted by atomic mass is 16.3. The van der Waals surface area contributed by atoms with Gasteiger partial charge in [0.1, 0.15) is 12.5 Å². The zero-order chi connectivity index (χ0) is 10.3. The van der Waals surface area contributed by atoms with Crippen LogP contribution in [0.25, 0.3) is 0 Å². The van der Waals surface area contributed by atoms with Gasteiger partial charge in [0.15, 0.2) is 0 Å². The summed E-state index contributed by atoms with van der Waals surface area (Å²) >= 11 is 0. The molecule has 0 aromatic heterocycles. The molecule has 80 valence electrons. The van der Waals surface area contributed by atoms with Gasteiger partial charge in [-0.25, -0.2) is 0 Å². The summed E-state index contributed by atoms with van der Waals surface area (Å²) < 4.78 is 0. The minimum absolute atomic E-state index is 0.392. The molecule has 2 atom stereocenters. The molecule has 0 aliphatic heterocycles. The lowest BCUT2D eigenvalue weighted by Crippen LogP contribution is -2.46. The quantitative estimate of drug-likeness (QED) is 0.369. The second kappa shape index (κ2) is 7.23. The Hall–Kier alpha value is -0.200. The largest absolute Gasteiger partial charge is 0.378 e. The van der Waals surface area contributed by atoms with E-state index in [9.17, 15) is 10.2 Å². The lowest BCUT2D eigenvalue weighted by atomic mass is 10.3. The standard InChI is InChI=1S/C8H21N3O2/c1-3-8(13)11(5-4-9)6-7(12)10-2/h7-8,10,12-13H,3-6,9H2,1-2H3. The van der Waals surface area contributed by atoms with Crippen molar-refractivity contribution in [2.45, 2.75) is 25.8 Å². The number of rotatable bonds is 7. The SMILES string of the molecule is CCC(O)N(CCN)CC(O)NC. The van der Waals surface area contributed by atoms with Crippen LogP contribution in [0.5, 0.6) is 0 Å². The maximum absolute atomic E-state index is 9.52. The van der Waals surface area contributed by atoms with Crippen LogP contribution in [0.15, 0.2) is 0 Å². The monoisotopic (exact) mass is 191 g/mol. The Morgan fingerprint density at radius 2 is 2.08 bits per heavy atom. The summed E-state index contributed by atoms with van der Waals surface area (Å²) in [5.74, 6) is 0. The predicted molar refractivity (Wildman–Crippen MR) is 52.0 cm³/mol. The molecule has 0 fully saturated rings. The lowest BCUT2D eigenvalue weighted by Gasteiger charge is -2.28. The van der Waals surface area contributed by atoms with Crippen molar-refractivity contribution in [1.29, 1.82) is 0 Å². The first-order valence-corrected chi connectivity index (χ1v) is 4.63. The van der Waals surface area contributed by atoms with Crippen LogP contribution in [0.2, 0.25) is 0 Å². The number of hydrogen-bond acceptors (Lipinski definition) is 5. The lowest BCUT2D eigenvalue weighted by molar-refractivity contribution is -0.0276. The van der Waals surface area contributed by atoms with Gasteiger partial charge >= 0.3 is 0 Å². The van der Waals surface area contributed by atoms with Crippen LogP contribution in [-0.2, 0) is 0 Å². The molecule has 0 heterocycles. The fraction of sp³-hybridized carbons (Fsp3) is 1.00. The zero-order valence-corrected chi connectivity index (χ0v) is 8.40. The molecule has 5 heteroatoms. The summed E-state index contributed by atoms with van der Waals surface area (Å²) in [6, 6.07) is 0. The third kappa shape index (κ3) is 5.17. The Morgan fingerprint density at radius 1 is 1.46 bits per heavy atom. The molecule has 13 heavy (non-hydrogen) atoms. The average Bonchev–Trinajstić information content (AvgIpc) is 2.15. The molecule has 0 rings (SSSR count). The number of nitrogens with zero attached hydrogens (tertiary/aromatic N) is 1. The normalized spacial score (nSPS) is 16.2. The molecule has 0 amide bonds. The van der Waals surface area contributed by atoms with Crippen molar-refractivity contribution in [3.05, 3.63) is 0 Å².